The molecule has 22 heavy (non-hydrogen) atoms. The fraction of sp³-hybridized carbons (Fsp3) is 0.533. The predicted octanol–water partition coefficient (Wildman–Crippen LogP) is 2.84. The summed E-state index contributed by atoms with van der Waals surface area (Å²) < 4.78 is 46.7. The first kappa shape index (κ1) is 15.1. The van der Waals surface area contributed by atoms with E-state index in [0.717, 1.165) is 18.9 Å². The van der Waals surface area contributed by atoms with Crippen molar-refractivity contribution in [1.82, 2.24) is 4.90 Å². The lowest BCUT2D eigenvalue weighted by Crippen LogP contribution is -2.33. The van der Waals surface area contributed by atoms with Gasteiger partial charge in [0.25, 0.3) is 5.91 Å². The minimum absolute atomic E-state index is 0.0323. The summed E-state index contributed by atoms with van der Waals surface area (Å²) in [5, 5.41) is 0. The zero-order valence-corrected chi connectivity index (χ0v) is 11.9. The molecule has 1 aromatic carbocycles. The summed E-state index contributed by atoms with van der Waals surface area (Å²) in [4.78, 5) is 14.1. The second-order valence-corrected chi connectivity index (χ2v) is 5.82. The Bertz CT molecular complexity index is 567. The van der Waals surface area contributed by atoms with Crippen molar-refractivity contribution in [2.24, 2.45) is 5.41 Å². The number of amides is 1. The fourth-order valence-electron chi connectivity index (χ4n) is 3.11. The molecule has 0 bridgehead atoms. The van der Waals surface area contributed by atoms with Gasteiger partial charge in [0.2, 0.25) is 0 Å². The minimum Gasteiger partial charge on any atom is -0.405 e. The molecule has 2 fully saturated rings. The second-order valence-electron chi connectivity index (χ2n) is 5.82. The average molecular weight is 315 g/mol. The Hall–Kier alpha value is -1.76. The number of alkyl halides is 3. The Morgan fingerprint density at radius 2 is 2.05 bits per heavy atom. The summed E-state index contributed by atoms with van der Waals surface area (Å²) in [7, 11) is 0. The first-order valence-electron chi connectivity index (χ1n) is 7.10. The number of benzene rings is 1. The van der Waals surface area contributed by atoms with E-state index in [-0.39, 0.29) is 11.0 Å². The third-order valence-electron chi connectivity index (χ3n) is 4.25. The quantitative estimate of drug-likeness (QED) is 0.842. The van der Waals surface area contributed by atoms with Crippen molar-refractivity contribution in [3.63, 3.8) is 0 Å². The van der Waals surface area contributed by atoms with Crippen LogP contribution in [0.5, 0.6) is 5.75 Å². The van der Waals surface area contributed by atoms with Crippen LogP contribution < -0.4 is 4.74 Å². The summed E-state index contributed by atoms with van der Waals surface area (Å²) in [6, 6.07) is 5.46. The van der Waals surface area contributed by atoms with Gasteiger partial charge in [-0.05, 0) is 25.0 Å². The van der Waals surface area contributed by atoms with E-state index in [1.165, 1.54) is 18.2 Å². The van der Waals surface area contributed by atoms with E-state index in [2.05, 4.69) is 4.74 Å². The number of hydrogen-bond acceptors (Lipinski definition) is 3. The lowest BCUT2D eigenvalue weighted by atomic mass is 9.87. The molecule has 7 heteroatoms. The maximum atomic E-state index is 12.5. The smallest absolute Gasteiger partial charge is 0.405 e. The number of rotatable bonds is 2. The Morgan fingerprint density at radius 3 is 2.73 bits per heavy atom. The molecule has 1 aromatic rings. The van der Waals surface area contributed by atoms with Crippen LogP contribution >= 0.6 is 0 Å². The lowest BCUT2D eigenvalue weighted by molar-refractivity contribution is -0.274. The highest BCUT2D eigenvalue weighted by atomic mass is 19.4. The van der Waals surface area contributed by atoms with E-state index in [1.54, 1.807) is 4.90 Å². The molecule has 0 aromatic heterocycles. The number of nitrogens with zero attached hydrogens (tertiary/aromatic N) is 1. The van der Waals surface area contributed by atoms with Crippen molar-refractivity contribution in [1.29, 1.82) is 0 Å². The monoisotopic (exact) mass is 315 g/mol. The number of ether oxygens (including phenoxy) is 2. The predicted molar refractivity (Wildman–Crippen MR) is 71.5 cm³/mol. The minimum atomic E-state index is -4.82. The molecule has 3 rings (SSSR count). The van der Waals surface area contributed by atoms with Crippen LogP contribution in [0.2, 0.25) is 0 Å². The molecule has 1 spiro atoms. The van der Waals surface area contributed by atoms with Crippen LogP contribution in [0.25, 0.3) is 0 Å². The van der Waals surface area contributed by atoms with Gasteiger partial charge in [0.1, 0.15) is 5.75 Å². The molecule has 0 unspecified atom stereocenters. The van der Waals surface area contributed by atoms with Gasteiger partial charge in [-0.25, -0.2) is 0 Å². The van der Waals surface area contributed by atoms with E-state index < -0.39 is 18.0 Å². The molecular weight excluding hydrogens is 299 g/mol. The van der Waals surface area contributed by atoms with Gasteiger partial charge in [-0.15, -0.1) is 13.2 Å². The number of carbonyl (C=O) groups excluding carboxylic acids is 1. The first-order valence-corrected chi connectivity index (χ1v) is 7.10. The summed E-state index contributed by atoms with van der Waals surface area (Å²) in [6.07, 6.45) is -3.11. The molecule has 2 heterocycles. The highest BCUT2D eigenvalue weighted by Crippen LogP contribution is 2.39. The molecule has 2 aliphatic rings. The Balaban J connectivity index is 1.78. The zero-order valence-electron chi connectivity index (χ0n) is 11.9. The molecule has 4 nitrogen and oxygen atoms in total. The van der Waals surface area contributed by atoms with Crippen LogP contribution in [0.1, 0.15) is 23.2 Å². The molecule has 0 radical (unpaired) electrons. The van der Waals surface area contributed by atoms with E-state index in [1.807, 2.05) is 0 Å². The lowest BCUT2D eigenvalue weighted by Gasteiger charge is -2.23. The number of halogens is 3. The Labute approximate surface area is 125 Å². The number of hydrogen-bond donors (Lipinski definition) is 0. The first-order chi connectivity index (χ1) is 10.4. The molecule has 2 aliphatic heterocycles. The molecule has 120 valence electrons. The van der Waals surface area contributed by atoms with Gasteiger partial charge in [0.05, 0.1) is 12.2 Å². The van der Waals surface area contributed by atoms with Crippen LogP contribution in [0.15, 0.2) is 24.3 Å². The summed E-state index contributed by atoms with van der Waals surface area (Å²) in [5.41, 5.74) is -0.0917. The highest BCUT2D eigenvalue weighted by molar-refractivity contribution is 5.97. The maximum absolute atomic E-state index is 12.5. The van der Waals surface area contributed by atoms with Crippen molar-refractivity contribution in [3.8, 4) is 5.75 Å². The van der Waals surface area contributed by atoms with E-state index >= 15 is 0 Å². The van der Waals surface area contributed by atoms with E-state index in [0.29, 0.717) is 26.3 Å². The number of para-hydroxylation sites is 1. The normalized spacial score (nSPS) is 25.0. The molecule has 0 saturated carbocycles. The summed E-state index contributed by atoms with van der Waals surface area (Å²) in [5.74, 6) is -0.882. The van der Waals surface area contributed by atoms with Gasteiger partial charge in [-0.2, -0.15) is 0 Å². The molecule has 1 amide bonds. The molecule has 2 saturated heterocycles. The molecular formula is C15H16F3NO3. The van der Waals surface area contributed by atoms with Gasteiger partial charge in [-0.3, -0.25) is 4.79 Å². The van der Waals surface area contributed by atoms with Gasteiger partial charge in [-0.1, -0.05) is 12.1 Å². The van der Waals surface area contributed by atoms with E-state index in [9.17, 15) is 18.0 Å². The van der Waals surface area contributed by atoms with Crippen LogP contribution in [0.3, 0.4) is 0 Å². The molecule has 0 N–H and O–H groups in total. The van der Waals surface area contributed by atoms with Crippen LogP contribution in [0.4, 0.5) is 13.2 Å². The van der Waals surface area contributed by atoms with Gasteiger partial charge in [0.15, 0.2) is 0 Å². The highest BCUT2D eigenvalue weighted by Gasteiger charge is 2.43. The van der Waals surface area contributed by atoms with E-state index in [4.69, 9.17) is 4.74 Å². The van der Waals surface area contributed by atoms with Crippen LogP contribution in [-0.2, 0) is 4.74 Å². The van der Waals surface area contributed by atoms with Gasteiger partial charge < -0.3 is 14.4 Å². The second kappa shape index (κ2) is 5.46. The number of carbonyl (C=O) groups is 1. The summed E-state index contributed by atoms with van der Waals surface area (Å²) in [6.45, 7) is 2.34. The van der Waals surface area contributed by atoms with Gasteiger partial charge in [0, 0.05) is 25.1 Å². The largest absolute Gasteiger partial charge is 0.573 e. The van der Waals surface area contributed by atoms with Crippen molar-refractivity contribution < 1.29 is 27.4 Å². The zero-order chi connectivity index (χ0) is 15.8. The van der Waals surface area contributed by atoms with Crippen molar-refractivity contribution in [2.75, 3.05) is 26.3 Å². The SMILES string of the molecule is O=C(c1ccccc1OC(F)(F)F)N1CC[C@@]2(CCOC2)C1. The standard InChI is InChI=1S/C15H16F3NO3/c16-15(17,18)22-12-4-2-1-3-11(12)13(20)19-7-5-14(9-19)6-8-21-10-14/h1-4H,5-10H2/t14-/m1/s1. The summed E-state index contributed by atoms with van der Waals surface area (Å²) >= 11 is 0. The topological polar surface area (TPSA) is 38.8 Å². The third kappa shape index (κ3) is 3.04. The Kier molecular flexibility index (Phi) is 3.76. The van der Waals surface area contributed by atoms with Crippen molar-refractivity contribution in [2.45, 2.75) is 19.2 Å². The molecule has 1 atom stereocenters. The van der Waals surface area contributed by atoms with Crippen LogP contribution in [-0.4, -0.2) is 43.5 Å². The maximum Gasteiger partial charge on any atom is 0.573 e. The fourth-order valence-corrected chi connectivity index (χ4v) is 3.11. The third-order valence-corrected chi connectivity index (χ3v) is 4.25. The Morgan fingerprint density at radius 1 is 1.27 bits per heavy atom. The molecule has 0 aliphatic carbocycles. The van der Waals surface area contributed by atoms with Crippen molar-refractivity contribution in [3.05, 3.63) is 29.8 Å². The number of likely N-dealkylation sites (tertiary alicyclic amines) is 1. The van der Waals surface area contributed by atoms with Crippen molar-refractivity contribution >= 4 is 5.91 Å². The van der Waals surface area contributed by atoms with Crippen LogP contribution in [0, 0.1) is 5.41 Å². The average Bonchev–Trinajstić information content (AvgIpc) is 3.08. The van der Waals surface area contributed by atoms with Gasteiger partial charge >= 0.3 is 6.36 Å².